The lowest BCUT2D eigenvalue weighted by Crippen LogP contribution is -2.37. The average Bonchev–Trinajstić information content (AvgIpc) is 2.48. The molecule has 1 aromatic heterocycles. The van der Waals surface area contributed by atoms with Crippen molar-refractivity contribution in [1.29, 1.82) is 0 Å². The van der Waals surface area contributed by atoms with Crippen molar-refractivity contribution in [3.05, 3.63) is 23.9 Å². The Kier molecular flexibility index (Phi) is 7.75. The summed E-state index contributed by atoms with van der Waals surface area (Å²) in [7, 11) is 1.64. The van der Waals surface area contributed by atoms with Gasteiger partial charge in [-0.3, -0.25) is 4.79 Å². The van der Waals surface area contributed by atoms with Crippen molar-refractivity contribution in [2.45, 2.75) is 27.2 Å². The second-order valence-corrected chi connectivity index (χ2v) is 5.47. The molecule has 0 saturated carbocycles. The molecule has 1 aromatic rings. The number of aromatic nitrogens is 1. The molecule has 1 rings (SSSR count). The van der Waals surface area contributed by atoms with E-state index >= 15 is 0 Å². The molecule has 0 bridgehead atoms. The first-order valence-corrected chi connectivity index (χ1v) is 7.57. The van der Waals surface area contributed by atoms with Gasteiger partial charge in [0.05, 0.1) is 6.61 Å². The molecule has 1 heterocycles. The Morgan fingerprint density at radius 1 is 1.43 bits per heavy atom. The predicted octanol–water partition coefficient (Wildman–Crippen LogP) is 2.65. The van der Waals surface area contributed by atoms with E-state index in [4.69, 9.17) is 4.74 Å². The summed E-state index contributed by atoms with van der Waals surface area (Å²) in [5.41, 5.74) is 0.479. The van der Waals surface area contributed by atoms with E-state index in [-0.39, 0.29) is 5.91 Å². The highest BCUT2D eigenvalue weighted by Crippen LogP contribution is 2.09. The summed E-state index contributed by atoms with van der Waals surface area (Å²) in [6.07, 6.45) is 1.02. The van der Waals surface area contributed by atoms with E-state index in [0.717, 1.165) is 18.8 Å². The lowest BCUT2D eigenvalue weighted by atomic mass is 10.2. The molecule has 5 nitrogen and oxygen atoms in total. The Hall–Kier alpha value is -1.62. The minimum atomic E-state index is -0.0408. The number of nitrogens with one attached hydrogen (secondary N) is 1. The molecule has 0 aliphatic heterocycles. The van der Waals surface area contributed by atoms with Crippen LogP contribution in [-0.4, -0.2) is 49.1 Å². The molecular weight excluding hydrogens is 266 g/mol. The van der Waals surface area contributed by atoms with Crippen molar-refractivity contribution in [2.24, 2.45) is 5.92 Å². The van der Waals surface area contributed by atoms with Crippen molar-refractivity contribution in [1.82, 2.24) is 9.88 Å². The summed E-state index contributed by atoms with van der Waals surface area (Å²) < 4.78 is 5.09. The van der Waals surface area contributed by atoms with Gasteiger partial charge in [0.1, 0.15) is 11.5 Å². The molecule has 0 fully saturated rings. The molecule has 21 heavy (non-hydrogen) atoms. The van der Waals surface area contributed by atoms with E-state index in [1.54, 1.807) is 18.1 Å². The molecule has 0 spiro atoms. The van der Waals surface area contributed by atoms with Crippen molar-refractivity contribution in [3.8, 4) is 0 Å². The standard InChI is InChI=1S/C16H27N3O2/c1-5-9-17-15-8-6-7-14(18-15)16(20)19(10-11-21-4)12-13(2)3/h6-8,13H,5,9-12H2,1-4H3,(H,17,18). The van der Waals surface area contributed by atoms with E-state index in [9.17, 15) is 4.79 Å². The fourth-order valence-electron chi connectivity index (χ4n) is 1.99. The van der Waals surface area contributed by atoms with Crippen molar-refractivity contribution in [2.75, 3.05) is 38.7 Å². The lowest BCUT2D eigenvalue weighted by molar-refractivity contribution is 0.0666. The van der Waals surface area contributed by atoms with Crippen LogP contribution in [-0.2, 0) is 4.74 Å². The first kappa shape index (κ1) is 17.4. The third kappa shape index (κ3) is 6.12. The number of rotatable bonds is 9. The Balaban J connectivity index is 2.81. The molecule has 1 N–H and O–H groups in total. The maximum Gasteiger partial charge on any atom is 0.272 e. The number of carbonyl (C=O) groups is 1. The summed E-state index contributed by atoms with van der Waals surface area (Å²) in [6.45, 7) is 8.96. The second kappa shape index (κ2) is 9.34. The number of carbonyl (C=O) groups excluding carboxylic acids is 1. The zero-order chi connectivity index (χ0) is 15.7. The fraction of sp³-hybridized carbons (Fsp3) is 0.625. The Bertz CT molecular complexity index is 435. The van der Waals surface area contributed by atoms with Crippen LogP contribution in [0, 0.1) is 5.92 Å². The molecule has 1 amide bonds. The molecule has 5 heteroatoms. The highest BCUT2D eigenvalue weighted by molar-refractivity contribution is 5.92. The smallest absolute Gasteiger partial charge is 0.272 e. The van der Waals surface area contributed by atoms with Gasteiger partial charge in [0.25, 0.3) is 5.91 Å². The second-order valence-electron chi connectivity index (χ2n) is 5.47. The van der Waals surface area contributed by atoms with Crippen LogP contribution in [0.5, 0.6) is 0 Å². The monoisotopic (exact) mass is 293 g/mol. The summed E-state index contributed by atoms with van der Waals surface area (Å²) in [5.74, 6) is 1.12. The van der Waals surface area contributed by atoms with E-state index in [0.29, 0.717) is 31.3 Å². The topological polar surface area (TPSA) is 54.5 Å². The SMILES string of the molecule is CCCNc1cccc(C(=O)N(CCOC)CC(C)C)n1. The van der Waals surface area contributed by atoms with E-state index in [1.165, 1.54) is 0 Å². The maximum absolute atomic E-state index is 12.6. The number of ether oxygens (including phenoxy) is 1. The molecule has 0 radical (unpaired) electrons. The van der Waals surface area contributed by atoms with Crippen LogP contribution in [0.25, 0.3) is 0 Å². The quantitative estimate of drug-likeness (QED) is 0.760. The third-order valence-electron chi connectivity index (χ3n) is 2.96. The van der Waals surface area contributed by atoms with Gasteiger partial charge in [0.15, 0.2) is 0 Å². The van der Waals surface area contributed by atoms with Crippen LogP contribution in [0.2, 0.25) is 0 Å². The molecule has 0 aliphatic carbocycles. The molecular formula is C16H27N3O2. The number of hydrogen-bond acceptors (Lipinski definition) is 4. The zero-order valence-electron chi connectivity index (χ0n) is 13.6. The maximum atomic E-state index is 12.6. The number of nitrogens with zero attached hydrogens (tertiary/aromatic N) is 2. The summed E-state index contributed by atoms with van der Waals surface area (Å²) in [4.78, 5) is 18.8. The Morgan fingerprint density at radius 3 is 2.81 bits per heavy atom. The first-order chi connectivity index (χ1) is 10.1. The number of methoxy groups -OCH3 is 1. The highest BCUT2D eigenvalue weighted by atomic mass is 16.5. The molecule has 0 unspecified atom stereocenters. The van der Waals surface area contributed by atoms with Gasteiger partial charge in [-0.25, -0.2) is 4.98 Å². The number of pyridine rings is 1. The van der Waals surface area contributed by atoms with E-state index in [2.05, 4.69) is 31.1 Å². The van der Waals surface area contributed by atoms with Crippen molar-refractivity contribution < 1.29 is 9.53 Å². The largest absolute Gasteiger partial charge is 0.383 e. The van der Waals surface area contributed by atoms with Crippen molar-refractivity contribution in [3.63, 3.8) is 0 Å². The van der Waals surface area contributed by atoms with Gasteiger partial charge in [-0.15, -0.1) is 0 Å². The van der Waals surface area contributed by atoms with Crippen molar-refractivity contribution >= 4 is 11.7 Å². The normalized spacial score (nSPS) is 10.7. The van der Waals surface area contributed by atoms with Crippen LogP contribution in [0.1, 0.15) is 37.7 Å². The Morgan fingerprint density at radius 2 is 2.19 bits per heavy atom. The summed E-state index contributed by atoms with van der Waals surface area (Å²) in [5, 5.41) is 3.21. The van der Waals surface area contributed by atoms with Gasteiger partial charge in [0, 0.05) is 26.7 Å². The lowest BCUT2D eigenvalue weighted by Gasteiger charge is -2.24. The van der Waals surface area contributed by atoms with Crippen LogP contribution < -0.4 is 5.32 Å². The minimum absolute atomic E-state index is 0.0408. The van der Waals surface area contributed by atoms with E-state index in [1.807, 2.05) is 12.1 Å². The summed E-state index contributed by atoms with van der Waals surface area (Å²) >= 11 is 0. The van der Waals surface area contributed by atoms with Crippen LogP contribution in [0.15, 0.2) is 18.2 Å². The molecule has 0 saturated heterocycles. The number of anilines is 1. The molecule has 0 atom stereocenters. The Labute approximate surface area is 127 Å². The molecule has 118 valence electrons. The zero-order valence-corrected chi connectivity index (χ0v) is 13.6. The molecule has 0 aliphatic rings. The van der Waals surface area contributed by atoms with Crippen LogP contribution >= 0.6 is 0 Å². The highest BCUT2D eigenvalue weighted by Gasteiger charge is 2.18. The minimum Gasteiger partial charge on any atom is -0.383 e. The van der Waals surface area contributed by atoms with Gasteiger partial charge >= 0.3 is 0 Å². The molecule has 0 aromatic carbocycles. The summed E-state index contributed by atoms with van der Waals surface area (Å²) in [6, 6.07) is 5.51. The van der Waals surface area contributed by atoms with Gasteiger partial charge in [-0.05, 0) is 24.5 Å². The van der Waals surface area contributed by atoms with Gasteiger partial charge in [-0.1, -0.05) is 26.8 Å². The third-order valence-corrected chi connectivity index (χ3v) is 2.96. The number of hydrogen-bond donors (Lipinski definition) is 1. The van der Waals surface area contributed by atoms with Gasteiger partial charge in [-0.2, -0.15) is 0 Å². The van der Waals surface area contributed by atoms with Crippen LogP contribution in [0.4, 0.5) is 5.82 Å². The predicted molar refractivity (Wildman–Crippen MR) is 85.6 cm³/mol. The van der Waals surface area contributed by atoms with E-state index < -0.39 is 0 Å². The average molecular weight is 293 g/mol. The first-order valence-electron chi connectivity index (χ1n) is 7.57. The van der Waals surface area contributed by atoms with Crippen LogP contribution in [0.3, 0.4) is 0 Å². The van der Waals surface area contributed by atoms with Gasteiger partial charge < -0.3 is 15.0 Å². The van der Waals surface area contributed by atoms with Gasteiger partial charge in [0.2, 0.25) is 0 Å². The fourth-order valence-corrected chi connectivity index (χ4v) is 1.99. The number of amides is 1.